The summed E-state index contributed by atoms with van der Waals surface area (Å²) in [6.07, 6.45) is 0. The molecule has 28 heavy (non-hydrogen) atoms. The zero-order valence-electron chi connectivity index (χ0n) is 15.7. The number of anilines is 1. The normalized spacial score (nSPS) is 10.8. The molecule has 0 aliphatic heterocycles. The predicted octanol–water partition coefficient (Wildman–Crippen LogP) is 5.13. The molecule has 1 aromatic heterocycles. The Kier molecular flexibility index (Phi) is 4.81. The van der Waals surface area contributed by atoms with E-state index in [-0.39, 0.29) is 12.5 Å². The minimum absolute atomic E-state index is 0.0581. The number of para-hydroxylation sites is 3. The molecule has 0 atom stereocenters. The van der Waals surface area contributed by atoms with Gasteiger partial charge in [-0.05, 0) is 55.3 Å². The molecule has 0 fully saturated rings. The molecule has 4 rings (SSSR count). The SMILES string of the molecule is Cc1ccc(-c2nc3ccccc3o2)cc1NC(=O)COc1ccccc1C. The van der Waals surface area contributed by atoms with E-state index in [0.29, 0.717) is 17.3 Å². The molecular formula is C23H20N2O3. The molecule has 0 bridgehead atoms. The molecule has 1 N–H and O–H groups in total. The van der Waals surface area contributed by atoms with Crippen LogP contribution in [0.3, 0.4) is 0 Å². The lowest BCUT2D eigenvalue weighted by molar-refractivity contribution is -0.118. The summed E-state index contributed by atoms with van der Waals surface area (Å²) in [5.41, 5.74) is 4.98. The number of nitrogens with one attached hydrogen (secondary N) is 1. The molecule has 0 unspecified atom stereocenters. The third kappa shape index (κ3) is 3.74. The highest BCUT2D eigenvalue weighted by molar-refractivity contribution is 5.93. The summed E-state index contributed by atoms with van der Waals surface area (Å²) in [6.45, 7) is 3.83. The van der Waals surface area contributed by atoms with Crippen LogP contribution in [0.15, 0.2) is 71.1 Å². The lowest BCUT2D eigenvalue weighted by Crippen LogP contribution is -2.20. The smallest absolute Gasteiger partial charge is 0.262 e. The van der Waals surface area contributed by atoms with Crippen molar-refractivity contribution in [3.63, 3.8) is 0 Å². The fourth-order valence-corrected chi connectivity index (χ4v) is 2.93. The van der Waals surface area contributed by atoms with E-state index in [4.69, 9.17) is 9.15 Å². The highest BCUT2D eigenvalue weighted by Crippen LogP contribution is 2.28. The lowest BCUT2D eigenvalue weighted by Gasteiger charge is -2.11. The van der Waals surface area contributed by atoms with Crippen molar-refractivity contribution in [2.45, 2.75) is 13.8 Å². The number of nitrogens with zero attached hydrogens (tertiary/aromatic N) is 1. The first-order valence-electron chi connectivity index (χ1n) is 9.05. The van der Waals surface area contributed by atoms with Gasteiger partial charge in [0.05, 0.1) is 0 Å². The molecule has 0 aliphatic carbocycles. The molecule has 3 aromatic carbocycles. The molecule has 0 spiro atoms. The third-order valence-corrected chi connectivity index (χ3v) is 4.50. The fraction of sp³-hybridized carbons (Fsp3) is 0.130. The molecule has 140 valence electrons. The molecule has 4 aromatic rings. The number of carbonyl (C=O) groups excluding carboxylic acids is 1. The van der Waals surface area contributed by atoms with Crippen LogP contribution in [0.2, 0.25) is 0 Å². The van der Waals surface area contributed by atoms with E-state index in [9.17, 15) is 4.79 Å². The van der Waals surface area contributed by atoms with Crippen LogP contribution in [0.5, 0.6) is 5.75 Å². The van der Waals surface area contributed by atoms with Crippen LogP contribution in [-0.2, 0) is 4.79 Å². The number of aryl methyl sites for hydroxylation is 2. The number of amides is 1. The Labute approximate surface area is 163 Å². The summed E-state index contributed by atoms with van der Waals surface area (Å²) in [5.74, 6) is 1.00. The number of aromatic nitrogens is 1. The van der Waals surface area contributed by atoms with Crippen molar-refractivity contribution in [2.24, 2.45) is 0 Å². The average molecular weight is 372 g/mol. The van der Waals surface area contributed by atoms with Crippen molar-refractivity contribution in [1.82, 2.24) is 4.98 Å². The number of carbonyl (C=O) groups is 1. The van der Waals surface area contributed by atoms with Crippen LogP contribution < -0.4 is 10.1 Å². The molecule has 5 heteroatoms. The van der Waals surface area contributed by atoms with Gasteiger partial charge in [-0.15, -0.1) is 0 Å². The Balaban J connectivity index is 1.50. The summed E-state index contributed by atoms with van der Waals surface area (Å²) in [4.78, 5) is 16.9. The van der Waals surface area contributed by atoms with Gasteiger partial charge in [-0.1, -0.05) is 36.4 Å². The van der Waals surface area contributed by atoms with Crippen LogP contribution >= 0.6 is 0 Å². The van der Waals surface area contributed by atoms with Crippen molar-refractivity contribution in [2.75, 3.05) is 11.9 Å². The van der Waals surface area contributed by atoms with Gasteiger partial charge in [0.15, 0.2) is 12.2 Å². The van der Waals surface area contributed by atoms with Crippen molar-refractivity contribution in [3.8, 4) is 17.2 Å². The van der Waals surface area contributed by atoms with Crippen LogP contribution in [0.4, 0.5) is 5.69 Å². The summed E-state index contributed by atoms with van der Waals surface area (Å²) in [5, 5.41) is 2.91. The largest absolute Gasteiger partial charge is 0.483 e. The zero-order valence-corrected chi connectivity index (χ0v) is 15.7. The molecule has 0 radical (unpaired) electrons. The van der Waals surface area contributed by atoms with E-state index >= 15 is 0 Å². The molecule has 0 saturated carbocycles. The second-order valence-corrected chi connectivity index (χ2v) is 6.62. The maximum Gasteiger partial charge on any atom is 0.262 e. The van der Waals surface area contributed by atoms with Crippen LogP contribution in [0.1, 0.15) is 11.1 Å². The Hall–Kier alpha value is -3.60. The van der Waals surface area contributed by atoms with Crippen molar-refractivity contribution >= 4 is 22.7 Å². The van der Waals surface area contributed by atoms with Crippen molar-refractivity contribution in [3.05, 3.63) is 77.9 Å². The highest BCUT2D eigenvalue weighted by atomic mass is 16.5. The van der Waals surface area contributed by atoms with Gasteiger partial charge in [0.25, 0.3) is 5.91 Å². The van der Waals surface area contributed by atoms with Crippen LogP contribution in [0, 0.1) is 13.8 Å². The summed E-state index contributed by atoms with van der Waals surface area (Å²) in [7, 11) is 0. The Morgan fingerprint density at radius 3 is 2.61 bits per heavy atom. The predicted molar refractivity (Wildman–Crippen MR) is 109 cm³/mol. The first-order chi connectivity index (χ1) is 13.6. The monoisotopic (exact) mass is 372 g/mol. The van der Waals surface area contributed by atoms with Gasteiger partial charge in [-0.2, -0.15) is 0 Å². The summed E-state index contributed by atoms with van der Waals surface area (Å²) >= 11 is 0. The first kappa shape index (κ1) is 17.8. The number of oxazole rings is 1. The maximum absolute atomic E-state index is 12.4. The van der Waals surface area contributed by atoms with E-state index in [0.717, 1.165) is 27.8 Å². The van der Waals surface area contributed by atoms with Gasteiger partial charge in [-0.25, -0.2) is 4.98 Å². The Morgan fingerprint density at radius 1 is 1.00 bits per heavy atom. The molecule has 1 heterocycles. The van der Waals surface area contributed by atoms with Gasteiger partial charge < -0.3 is 14.5 Å². The summed E-state index contributed by atoms with van der Waals surface area (Å²) in [6, 6.07) is 21.0. The van der Waals surface area contributed by atoms with E-state index < -0.39 is 0 Å². The minimum atomic E-state index is -0.221. The lowest BCUT2D eigenvalue weighted by atomic mass is 10.1. The number of ether oxygens (including phenoxy) is 1. The number of rotatable bonds is 5. The van der Waals surface area contributed by atoms with E-state index in [1.54, 1.807) is 0 Å². The first-order valence-corrected chi connectivity index (χ1v) is 9.05. The van der Waals surface area contributed by atoms with Gasteiger partial charge in [-0.3, -0.25) is 4.79 Å². The minimum Gasteiger partial charge on any atom is -0.483 e. The standard InChI is InChI=1S/C23H20N2O3/c1-15-11-12-17(23-25-18-8-4-6-10-21(18)28-23)13-19(15)24-22(26)14-27-20-9-5-3-7-16(20)2/h3-13H,14H2,1-2H3,(H,24,26). The highest BCUT2D eigenvalue weighted by Gasteiger charge is 2.12. The van der Waals surface area contributed by atoms with E-state index in [1.807, 2.05) is 80.6 Å². The van der Waals surface area contributed by atoms with Crippen molar-refractivity contribution in [1.29, 1.82) is 0 Å². The number of fused-ring (bicyclic) bond motifs is 1. The maximum atomic E-state index is 12.4. The van der Waals surface area contributed by atoms with E-state index in [1.165, 1.54) is 0 Å². The second-order valence-electron chi connectivity index (χ2n) is 6.62. The zero-order chi connectivity index (χ0) is 19.5. The van der Waals surface area contributed by atoms with Crippen LogP contribution in [-0.4, -0.2) is 17.5 Å². The summed E-state index contributed by atoms with van der Waals surface area (Å²) < 4.78 is 11.4. The Bertz CT molecular complexity index is 1110. The Morgan fingerprint density at radius 2 is 1.79 bits per heavy atom. The quantitative estimate of drug-likeness (QED) is 0.527. The molecular weight excluding hydrogens is 352 g/mol. The van der Waals surface area contributed by atoms with Crippen LogP contribution in [0.25, 0.3) is 22.6 Å². The third-order valence-electron chi connectivity index (χ3n) is 4.50. The van der Waals surface area contributed by atoms with Gasteiger partial charge in [0, 0.05) is 11.3 Å². The number of benzene rings is 3. The number of hydrogen-bond donors (Lipinski definition) is 1. The molecule has 0 aliphatic rings. The van der Waals surface area contributed by atoms with Gasteiger partial charge in [0.1, 0.15) is 11.3 Å². The molecule has 5 nitrogen and oxygen atoms in total. The average Bonchev–Trinajstić information content (AvgIpc) is 3.13. The topological polar surface area (TPSA) is 64.4 Å². The van der Waals surface area contributed by atoms with Gasteiger partial charge >= 0.3 is 0 Å². The van der Waals surface area contributed by atoms with Crippen molar-refractivity contribution < 1.29 is 13.9 Å². The molecule has 0 saturated heterocycles. The fourth-order valence-electron chi connectivity index (χ4n) is 2.93. The second kappa shape index (κ2) is 7.56. The van der Waals surface area contributed by atoms with E-state index in [2.05, 4.69) is 10.3 Å². The number of hydrogen-bond acceptors (Lipinski definition) is 4. The molecule has 1 amide bonds. The van der Waals surface area contributed by atoms with Gasteiger partial charge in [0.2, 0.25) is 5.89 Å².